The van der Waals surface area contributed by atoms with Crippen LogP contribution < -0.4 is 0 Å². The number of hydrogen-bond donors (Lipinski definition) is 2. The Morgan fingerprint density at radius 1 is 1.11 bits per heavy atom. The summed E-state index contributed by atoms with van der Waals surface area (Å²) in [6.07, 6.45) is -3.37. The maximum Gasteiger partial charge on any atom is 0.215 e. The van der Waals surface area contributed by atoms with E-state index in [2.05, 4.69) is 4.74 Å². The number of rotatable bonds is 4. The number of aldehydes is 2. The first-order valence-corrected chi connectivity index (χ1v) is 2.13. The van der Waals surface area contributed by atoms with E-state index in [0.717, 1.165) is 0 Å². The average molecular weight is 134 g/mol. The second kappa shape index (κ2) is 4.13. The molecule has 0 aliphatic rings. The average Bonchev–Trinajstić information content (AvgIpc) is 1.87. The molecule has 0 amide bonds. The Morgan fingerprint density at radius 2 is 1.44 bits per heavy atom. The van der Waals surface area contributed by atoms with Gasteiger partial charge in [0.05, 0.1) is 0 Å². The lowest BCUT2D eigenvalue weighted by molar-refractivity contribution is -0.194. The molecule has 5 heteroatoms. The number of aliphatic hydroxyl groups is 2. The Morgan fingerprint density at radius 3 is 1.67 bits per heavy atom. The predicted octanol–water partition coefficient (Wildman–Crippen LogP) is -1.96. The minimum Gasteiger partial charge on any atom is -0.362 e. The molecule has 52 valence electrons. The fourth-order valence-electron chi connectivity index (χ4n) is 0.207. The number of ether oxygens (including phenoxy) is 1. The fraction of sp³-hybridized carbons (Fsp3) is 0.500. The summed E-state index contributed by atoms with van der Waals surface area (Å²) in [6, 6.07) is 0. The normalized spacial score (nSPS) is 16.2. The minimum atomic E-state index is -1.73. The molecule has 0 radical (unpaired) electrons. The Hall–Kier alpha value is -0.780. The molecule has 0 heterocycles. The summed E-state index contributed by atoms with van der Waals surface area (Å²) in [5.74, 6) is 0. The first-order valence-electron chi connectivity index (χ1n) is 2.13. The highest BCUT2D eigenvalue weighted by Gasteiger charge is 2.07. The molecule has 2 unspecified atom stereocenters. The largest absolute Gasteiger partial charge is 0.362 e. The molecule has 2 N–H and O–H groups in total. The zero-order valence-electron chi connectivity index (χ0n) is 4.43. The molecule has 5 nitrogen and oxygen atoms in total. The van der Waals surface area contributed by atoms with E-state index < -0.39 is 12.6 Å². The molecule has 0 bridgehead atoms. The van der Waals surface area contributed by atoms with E-state index in [1.165, 1.54) is 0 Å². The van der Waals surface area contributed by atoms with Gasteiger partial charge in [0.1, 0.15) is 0 Å². The van der Waals surface area contributed by atoms with Gasteiger partial charge in [0, 0.05) is 0 Å². The minimum absolute atomic E-state index is 0.0483. The lowest BCUT2D eigenvalue weighted by atomic mass is 10.7. The van der Waals surface area contributed by atoms with E-state index in [1.54, 1.807) is 0 Å². The van der Waals surface area contributed by atoms with Gasteiger partial charge in [-0.05, 0) is 0 Å². The van der Waals surface area contributed by atoms with Crippen LogP contribution in [0.2, 0.25) is 0 Å². The van der Waals surface area contributed by atoms with Crippen LogP contribution in [-0.2, 0) is 14.3 Å². The van der Waals surface area contributed by atoms with Crippen LogP contribution in [0.25, 0.3) is 0 Å². The Bertz CT molecular complexity index is 89.1. The molecule has 0 aromatic heterocycles. The van der Waals surface area contributed by atoms with Gasteiger partial charge in [0.25, 0.3) is 0 Å². The van der Waals surface area contributed by atoms with E-state index >= 15 is 0 Å². The van der Waals surface area contributed by atoms with Gasteiger partial charge in [-0.15, -0.1) is 0 Å². The first kappa shape index (κ1) is 8.22. The van der Waals surface area contributed by atoms with Crippen molar-refractivity contribution >= 4 is 12.6 Å². The molecule has 0 rings (SSSR count). The third-order valence-electron chi connectivity index (χ3n) is 0.512. The molecule has 0 saturated heterocycles. The van der Waals surface area contributed by atoms with Gasteiger partial charge in [-0.3, -0.25) is 9.59 Å². The van der Waals surface area contributed by atoms with Crippen molar-refractivity contribution in [1.82, 2.24) is 0 Å². The fourth-order valence-corrected chi connectivity index (χ4v) is 0.207. The van der Waals surface area contributed by atoms with Crippen LogP contribution in [0.3, 0.4) is 0 Å². The second-order valence-electron chi connectivity index (χ2n) is 1.19. The van der Waals surface area contributed by atoms with Crippen molar-refractivity contribution in [2.45, 2.75) is 12.6 Å². The molecule has 0 aliphatic carbocycles. The van der Waals surface area contributed by atoms with E-state index in [1.807, 2.05) is 0 Å². The molecule has 0 aromatic rings. The van der Waals surface area contributed by atoms with Gasteiger partial charge >= 0.3 is 0 Å². The smallest absolute Gasteiger partial charge is 0.215 e. The molecule has 2 atom stereocenters. The quantitative estimate of drug-likeness (QED) is 0.344. The highest BCUT2D eigenvalue weighted by atomic mass is 16.7. The summed E-state index contributed by atoms with van der Waals surface area (Å²) in [6.45, 7) is 0. The van der Waals surface area contributed by atoms with Crippen molar-refractivity contribution in [3.63, 3.8) is 0 Å². The van der Waals surface area contributed by atoms with Gasteiger partial charge in [0.2, 0.25) is 12.6 Å². The zero-order chi connectivity index (χ0) is 7.28. The highest BCUT2D eigenvalue weighted by Crippen LogP contribution is 1.85. The third-order valence-corrected chi connectivity index (χ3v) is 0.512. The molecular weight excluding hydrogens is 128 g/mol. The van der Waals surface area contributed by atoms with Gasteiger partial charge in [0.15, 0.2) is 12.6 Å². The Kier molecular flexibility index (Phi) is 3.78. The molecular formula is C4H6O5. The first-order chi connectivity index (χ1) is 4.20. The van der Waals surface area contributed by atoms with Crippen molar-refractivity contribution in [2.24, 2.45) is 0 Å². The van der Waals surface area contributed by atoms with E-state index in [9.17, 15) is 9.59 Å². The van der Waals surface area contributed by atoms with Crippen molar-refractivity contribution in [3.05, 3.63) is 0 Å². The topological polar surface area (TPSA) is 83.8 Å². The van der Waals surface area contributed by atoms with Crippen LogP contribution in [0.4, 0.5) is 0 Å². The van der Waals surface area contributed by atoms with Crippen LogP contribution in [-0.4, -0.2) is 35.4 Å². The standard InChI is InChI=1S/C4H6O5/c5-1-3(7)9-4(8)2-6/h1-4,7-8H. The summed E-state index contributed by atoms with van der Waals surface area (Å²) < 4.78 is 3.92. The summed E-state index contributed by atoms with van der Waals surface area (Å²) in [5, 5.41) is 16.5. The van der Waals surface area contributed by atoms with E-state index in [-0.39, 0.29) is 12.6 Å². The molecule has 0 spiro atoms. The number of hydrogen-bond acceptors (Lipinski definition) is 5. The van der Waals surface area contributed by atoms with Crippen LogP contribution >= 0.6 is 0 Å². The SMILES string of the molecule is O=CC(O)OC(O)C=O. The van der Waals surface area contributed by atoms with Gasteiger partial charge in [-0.25, -0.2) is 0 Å². The number of aliphatic hydroxyl groups excluding tert-OH is 2. The Balaban J connectivity index is 3.45. The number of carbonyl (C=O) groups excluding carboxylic acids is 2. The second-order valence-corrected chi connectivity index (χ2v) is 1.19. The molecule has 0 fully saturated rings. The van der Waals surface area contributed by atoms with Crippen LogP contribution in [0.1, 0.15) is 0 Å². The van der Waals surface area contributed by atoms with Crippen LogP contribution in [0.15, 0.2) is 0 Å². The molecule has 0 aromatic carbocycles. The monoisotopic (exact) mass is 134 g/mol. The molecule has 0 aliphatic heterocycles. The van der Waals surface area contributed by atoms with E-state index in [0.29, 0.717) is 0 Å². The maximum absolute atomic E-state index is 9.55. The lowest BCUT2D eigenvalue weighted by Gasteiger charge is -2.05. The summed E-state index contributed by atoms with van der Waals surface area (Å²) in [5.41, 5.74) is 0. The van der Waals surface area contributed by atoms with Crippen LogP contribution in [0.5, 0.6) is 0 Å². The number of carbonyl (C=O) groups is 2. The highest BCUT2D eigenvalue weighted by molar-refractivity contribution is 5.56. The zero-order valence-corrected chi connectivity index (χ0v) is 4.43. The predicted molar refractivity (Wildman–Crippen MR) is 25.2 cm³/mol. The van der Waals surface area contributed by atoms with Gasteiger partial charge in [-0.2, -0.15) is 0 Å². The maximum atomic E-state index is 9.55. The lowest BCUT2D eigenvalue weighted by Crippen LogP contribution is -2.23. The van der Waals surface area contributed by atoms with E-state index in [4.69, 9.17) is 10.2 Å². The van der Waals surface area contributed by atoms with Crippen molar-refractivity contribution < 1.29 is 24.5 Å². The summed E-state index contributed by atoms with van der Waals surface area (Å²) in [7, 11) is 0. The summed E-state index contributed by atoms with van der Waals surface area (Å²) in [4.78, 5) is 19.1. The van der Waals surface area contributed by atoms with Gasteiger partial charge < -0.3 is 14.9 Å². The van der Waals surface area contributed by atoms with Crippen molar-refractivity contribution in [2.75, 3.05) is 0 Å². The van der Waals surface area contributed by atoms with Crippen LogP contribution in [0, 0.1) is 0 Å². The van der Waals surface area contributed by atoms with Crippen molar-refractivity contribution in [3.8, 4) is 0 Å². The van der Waals surface area contributed by atoms with Crippen molar-refractivity contribution in [1.29, 1.82) is 0 Å². The molecule has 9 heavy (non-hydrogen) atoms. The Labute approximate surface area is 50.9 Å². The third kappa shape index (κ3) is 3.77. The summed E-state index contributed by atoms with van der Waals surface area (Å²) >= 11 is 0. The molecule has 0 saturated carbocycles. The van der Waals surface area contributed by atoms with Gasteiger partial charge in [-0.1, -0.05) is 0 Å².